The van der Waals surface area contributed by atoms with Crippen molar-refractivity contribution in [3.8, 4) is 0 Å². The van der Waals surface area contributed by atoms with Gasteiger partial charge >= 0.3 is 0 Å². The Bertz CT molecular complexity index is 710. The summed E-state index contributed by atoms with van der Waals surface area (Å²) >= 11 is 0. The number of nitrogens with zero attached hydrogens (tertiary/aromatic N) is 3. The molecule has 0 N–H and O–H groups in total. The average molecular weight is 321 g/mol. The van der Waals surface area contributed by atoms with E-state index < -0.39 is 0 Å². The van der Waals surface area contributed by atoms with E-state index in [1.54, 1.807) is 0 Å². The second-order valence-corrected chi connectivity index (χ2v) is 6.19. The Morgan fingerprint density at radius 2 is 1.54 bits per heavy atom. The van der Waals surface area contributed by atoms with Gasteiger partial charge in [0, 0.05) is 19.3 Å². The van der Waals surface area contributed by atoms with Crippen molar-refractivity contribution >= 4 is 17.1 Å². The van der Waals surface area contributed by atoms with Gasteiger partial charge in [-0.1, -0.05) is 30.3 Å². The molecule has 0 aromatic heterocycles. The van der Waals surface area contributed by atoms with Crippen LogP contribution in [0.15, 0.2) is 66.9 Å². The molecule has 1 unspecified atom stereocenters. The third kappa shape index (κ3) is 2.74. The number of morpholine rings is 1. The zero-order chi connectivity index (χ0) is 16.4. The van der Waals surface area contributed by atoms with E-state index in [2.05, 4.69) is 88.7 Å². The van der Waals surface area contributed by atoms with Gasteiger partial charge in [0.2, 0.25) is 0 Å². The summed E-state index contributed by atoms with van der Waals surface area (Å²) in [6.07, 6.45) is 4.42. The van der Waals surface area contributed by atoms with E-state index >= 15 is 0 Å². The van der Waals surface area contributed by atoms with Gasteiger partial charge in [-0.05, 0) is 37.3 Å². The lowest BCUT2D eigenvalue weighted by Crippen LogP contribution is -2.42. The number of anilines is 3. The summed E-state index contributed by atoms with van der Waals surface area (Å²) in [6.45, 7) is 5.69. The Balaban J connectivity index is 1.71. The summed E-state index contributed by atoms with van der Waals surface area (Å²) in [4.78, 5) is 2.42. The Morgan fingerprint density at radius 1 is 0.875 bits per heavy atom. The third-order valence-electron chi connectivity index (χ3n) is 4.62. The van der Waals surface area contributed by atoms with Gasteiger partial charge in [0.15, 0.2) is 0 Å². The fourth-order valence-corrected chi connectivity index (χ4v) is 3.42. The van der Waals surface area contributed by atoms with Crippen molar-refractivity contribution < 1.29 is 4.74 Å². The molecule has 0 radical (unpaired) electrons. The fourth-order valence-electron chi connectivity index (χ4n) is 3.42. The van der Waals surface area contributed by atoms with Crippen LogP contribution in [0.2, 0.25) is 0 Å². The van der Waals surface area contributed by atoms with Crippen LogP contribution in [0.3, 0.4) is 0 Å². The summed E-state index contributed by atoms with van der Waals surface area (Å²) in [5.74, 6) is 0. The summed E-state index contributed by atoms with van der Waals surface area (Å²) in [5, 5.41) is 4.60. The van der Waals surface area contributed by atoms with Crippen LogP contribution in [0, 0.1) is 0 Å². The van der Waals surface area contributed by atoms with E-state index in [-0.39, 0.29) is 0 Å². The highest BCUT2D eigenvalue weighted by Crippen LogP contribution is 2.36. The van der Waals surface area contributed by atoms with Crippen LogP contribution in [-0.2, 0) is 4.74 Å². The number of hydrogen-bond acceptors (Lipinski definition) is 4. The average Bonchev–Trinajstić information content (AvgIpc) is 3.04. The summed E-state index contributed by atoms with van der Waals surface area (Å²) in [6, 6.07) is 19.5. The van der Waals surface area contributed by atoms with Gasteiger partial charge in [-0.2, -0.15) is 0 Å². The molecule has 0 aliphatic carbocycles. The van der Waals surface area contributed by atoms with Crippen molar-refractivity contribution in [3.63, 3.8) is 0 Å². The molecule has 2 aromatic carbocycles. The van der Waals surface area contributed by atoms with Gasteiger partial charge in [0.05, 0.1) is 36.3 Å². The maximum atomic E-state index is 5.51. The molecule has 24 heavy (non-hydrogen) atoms. The molecule has 2 aliphatic heterocycles. The SMILES string of the molecule is CC1C=CN(c2ccccc2N2CCOCC2)N1c1ccccc1. The van der Waals surface area contributed by atoms with Gasteiger partial charge < -0.3 is 9.64 Å². The molecule has 124 valence electrons. The van der Waals surface area contributed by atoms with Crippen molar-refractivity contribution in [3.05, 3.63) is 66.9 Å². The highest BCUT2D eigenvalue weighted by atomic mass is 16.5. The second kappa shape index (κ2) is 6.57. The van der Waals surface area contributed by atoms with Crippen LogP contribution in [0.25, 0.3) is 0 Å². The fraction of sp³-hybridized carbons (Fsp3) is 0.300. The molecule has 0 bridgehead atoms. The topological polar surface area (TPSA) is 19.0 Å². The van der Waals surface area contributed by atoms with Gasteiger partial charge in [0.25, 0.3) is 0 Å². The molecule has 2 heterocycles. The first-order valence-corrected chi connectivity index (χ1v) is 8.58. The Kier molecular flexibility index (Phi) is 4.13. The molecule has 0 saturated carbocycles. The molecule has 4 nitrogen and oxygen atoms in total. The standard InChI is InChI=1S/C20H23N3O/c1-17-11-12-22(23(17)18-7-3-2-4-8-18)20-10-6-5-9-19(20)21-13-15-24-16-14-21/h2-12,17H,13-16H2,1H3. The van der Waals surface area contributed by atoms with Crippen LogP contribution < -0.4 is 14.9 Å². The number of hydrogen-bond donors (Lipinski definition) is 0. The lowest BCUT2D eigenvalue weighted by Gasteiger charge is -2.38. The number of para-hydroxylation sites is 3. The first-order chi connectivity index (χ1) is 11.8. The van der Waals surface area contributed by atoms with E-state index in [0.717, 1.165) is 26.3 Å². The Morgan fingerprint density at radius 3 is 2.29 bits per heavy atom. The minimum Gasteiger partial charge on any atom is -0.378 e. The smallest absolute Gasteiger partial charge is 0.0859 e. The van der Waals surface area contributed by atoms with Gasteiger partial charge in [0.1, 0.15) is 0 Å². The molecule has 1 fully saturated rings. The Labute approximate surface area is 143 Å². The third-order valence-corrected chi connectivity index (χ3v) is 4.62. The van der Waals surface area contributed by atoms with E-state index in [4.69, 9.17) is 4.74 Å². The molecule has 1 atom stereocenters. The zero-order valence-electron chi connectivity index (χ0n) is 14.0. The van der Waals surface area contributed by atoms with E-state index in [1.807, 2.05) is 0 Å². The molecular weight excluding hydrogens is 298 g/mol. The summed E-state index contributed by atoms with van der Waals surface area (Å²) in [7, 11) is 0. The maximum Gasteiger partial charge on any atom is 0.0859 e. The Hall–Kier alpha value is -2.46. The number of rotatable bonds is 3. The van der Waals surface area contributed by atoms with Crippen LogP contribution >= 0.6 is 0 Å². The minimum absolute atomic E-state index is 0.324. The largest absolute Gasteiger partial charge is 0.378 e. The van der Waals surface area contributed by atoms with Crippen LogP contribution in [0.4, 0.5) is 17.1 Å². The van der Waals surface area contributed by atoms with Crippen molar-refractivity contribution in [2.45, 2.75) is 13.0 Å². The summed E-state index contributed by atoms with van der Waals surface area (Å²) < 4.78 is 5.51. The van der Waals surface area contributed by atoms with E-state index in [0.29, 0.717) is 6.04 Å². The normalized spacial score (nSPS) is 20.7. The first-order valence-electron chi connectivity index (χ1n) is 8.58. The highest BCUT2D eigenvalue weighted by Gasteiger charge is 2.27. The molecule has 2 aromatic rings. The lowest BCUT2D eigenvalue weighted by molar-refractivity contribution is 0.122. The second-order valence-electron chi connectivity index (χ2n) is 6.19. The van der Waals surface area contributed by atoms with Crippen LogP contribution in [-0.4, -0.2) is 32.3 Å². The van der Waals surface area contributed by atoms with E-state index in [9.17, 15) is 0 Å². The molecule has 1 saturated heterocycles. The van der Waals surface area contributed by atoms with Crippen molar-refractivity contribution in [2.24, 2.45) is 0 Å². The highest BCUT2D eigenvalue weighted by molar-refractivity contribution is 5.76. The van der Waals surface area contributed by atoms with Gasteiger partial charge in [-0.3, -0.25) is 10.0 Å². The number of benzene rings is 2. The quantitative estimate of drug-likeness (QED) is 0.858. The van der Waals surface area contributed by atoms with Gasteiger partial charge in [-0.25, -0.2) is 0 Å². The predicted octanol–water partition coefficient (Wildman–Crippen LogP) is 3.67. The molecule has 0 amide bonds. The lowest BCUT2D eigenvalue weighted by atomic mass is 10.2. The van der Waals surface area contributed by atoms with Gasteiger partial charge in [-0.15, -0.1) is 0 Å². The molecular formula is C20H23N3O. The van der Waals surface area contributed by atoms with Crippen molar-refractivity contribution in [1.82, 2.24) is 0 Å². The number of ether oxygens (including phenoxy) is 1. The molecule has 2 aliphatic rings. The van der Waals surface area contributed by atoms with Crippen LogP contribution in [0.1, 0.15) is 6.92 Å². The van der Waals surface area contributed by atoms with Crippen molar-refractivity contribution in [2.75, 3.05) is 41.2 Å². The maximum absolute atomic E-state index is 5.51. The van der Waals surface area contributed by atoms with Crippen molar-refractivity contribution in [1.29, 1.82) is 0 Å². The first kappa shape index (κ1) is 15.1. The molecule has 4 rings (SSSR count). The monoisotopic (exact) mass is 321 g/mol. The predicted molar refractivity (Wildman–Crippen MR) is 99.5 cm³/mol. The van der Waals surface area contributed by atoms with E-state index in [1.165, 1.54) is 17.1 Å². The number of hydrazine groups is 1. The summed E-state index contributed by atoms with van der Waals surface area (Å²) in [5.41, 5.74) is 3.68. The minimum atomic E-state index is 0.324. The molecule has 0 spiro atoms. The zero-order valence-corrected chi connectivity index (χ0v) is 14.0. The molecule has 4 heteroatoms. The van der Waals surface area contributed by atoms with Crippen LogP contribution in [0.5, 0.6) is 0 Å².